The van der Waals surface area contributed by atoms with Crippen LogP contribution in [0.25, 0.3) is 11.4 Å². The molecule has 8 heteroatoms. The van der Waals surface area contributed by atoms with Crippen LogP contribution in [0, 0.1) is 0 Å². The van der Waals surface area contributed by atoms with Crippen LogP contribution in [0.15, 0.2) is 48.5 Å². The molecule has 0 aliphatic rings. The van der Waals surface area contributed by atoms with E-state index >= 15 is 0 Å². The van der Waals surface area contributed by atoms with Crippen molar-refractivity contribution in [2.45, 2.75) is 13.2 Å². The van der Waals surface area contributed by atoms with Gasteiger partial charge in [-0.25, -0.2) is 0 Å². The molecule has 1 aromatic heterocycles. The predicted molar refractivity (Wildman–Crippen MR) is 91.8 cm³/mol. The van der Waals surface area contributed by atoms with Crippen molar-refractivity contribution in [3.8, 4) is 17.1 Å². The molecule has 3 rings (SSSR count). The van der Waals surface area contributed by atoms with Gasteiger partial charge in [-0.3, -0.25) is 0 Å². The van der Waals surface area contributed by atoms with Crippen molar-refractivity contribution in [3.05, 3.63) is 59.4 Å². The van der Waals surface area contributed by atoms with E-state index in [4.69, 9.17) is 11.6 Å². The highest BCUT2D eigenvalue weighted by Gasteiger charge is 2.12. The third-order valence-corrected chi connectivity index (χ3v) is 3.89. The SMILES string of the molecule is Cn1c(CNc2ccc(OC(F)F)c(Cl)c2)nnc1-c1ccccc1. The Hall–Kier alpha value is -2.67. The molecule has 5 nitrogen and oxygen atoms in total. The topological polar surface area (TPSA) is 52.0 Å². The van der Waals surface area contributed by atoms with Crippen molar-refractivity contribution in [3.63, 3.8) is 0 Å². The van der Waals surface area contributed by atoms with Crippen molar-refractivity contribution in [2.24, 2.45) is 7.05 Å². The number of hydrogen-bond donors (Lipinski definition) is 1. The molecule has 0 fully saturated rings. The van der Waals surface area contributed by atoms with Gasteiger partial charge < -0.3 is 14.6 Å². The Kier molecular flexibility index (Phi) is 5.14. The van der Waals surface area contributed by atoms with E-state index in [1.54, 1.807) is 6.07 Å². The van der Waals surface area contributed by atoms with E-state index < -0.39 is 6.61 Å². The molecule has 25 heavy (non-hydrogen) atoms. The lowest BCUT2D eigenvalue weighted by atomic mass is 10.2. The monoisotopic (exact) mass is 364 g/mol. The highest BCUT2D eigenvalue weighted by molar-refractivity contribution is 6.32. The highest BCUT2D eigenvalue weighted by atomic mass is 35.5. The fourth-order valence-electron chi connectivity index (χ4n) is 2.34. The van der Waals surface area contributed by atoms with E-state index in [1.165, 1.54) is 12.1 Å². The molecule has 0 amide bonds. The predicted octanol–water partition coefficient (Wildman–Crippen LogP) is 4.35. The largest absolute Gasteiger partial charge is 0.433 e. The Morgan fingerprint density at radius 3 is 2.60 bits per heavy atom. The minimum absolute atomic E-state index is 0.0627. The maximum Gasteiger partial charge on any atom is 0.387 e. The number of rotatable bonds is 6. The molecule has 0 saturated heterocycles. The van der Waals surface area contributed by atoms with Gasteiger partial charge >= 0.3 is 6.61 Å². The maximum atomic E-state index is 12.2. The van der Waals surface area contributed by atoms with Crippen LogP contribution in [0.4, 0.5) is 14.5 Å². The standard InChI is InChI=1S/C17H15ClF2N4O/c1-24-15(22-23-16(24)11-5-3-2-4-6-11)10-21-12-7-8-14(13(18)9-12)25-17(19)20/h2-9,17,21H,10H2,1H3. The van der Waals surface area contributed by atoms with E-state index in [0.717, 1.165) is 17.2 Å². The van der Waals surface area contributed by atoms with Crippen LogP contribution in [0.5, 0.6) is 5.75 Å². The molecular weight excluding hydrogens is 350 g/mol. The number of nitrogens with zero attached hydrogens (tertiary/aromatic N) is 3. The van der Waals surface area contributed by atoms with E-state index in [1.807, 2.05) is 41.9 Å². The quantitative estimate of drug-likeness (QED) is 0.706. The van der Waals surface area contributed by atoms with Gasteiger partial charge in [-0.15, -0.1) is 10.2 Å². The summed E-state index contributed by atoms with van der Waals surface area (Å²) in [5.41, 5.74) is 1.64. The van der Waals surface area contributed by atoms with Gasteiger partial charge in [0.2, 0.25) is 0 Å². The van der Waals surface area contributed by atoms with Crippen molar-refractivity contribution in [1.82, 2.24) is 14.8 Å². The second-order valence-corrected chi connectivity index (χ2v) is 5.65. The summed E-state index contributed by atoms with van der Waals surface area (Å²) in [5, 5.41) is 11.6. The summed E-state index contributed by atoms with van der Waals surface area (Å²) in [4.78, 5) is 0. The van der Waals surface area contributed by atoms with E-state index in [0.29, 0.717) is 12.2 Å². The fourth-order valence-corrected chi connectivity index (χ4v) is 2.56. The number of halogens is 3. The van der Waals surface area contributed by atoms with Gasteiger partial charge in [-0.2, -0.15) is 8.78 Å². The van der Waals surface area contributed by atoms with Gasteiger partial charge in [0.05, 0.1) is 11.6 Å². The van der Waals surface area contributed by atoms with Crippen LogP contribution in [-0.2, 0) is 13.6 Å². The summed E-state index contributed by atoms with van der Waals surface area (Å²) in [6.45, 7) is -2.51. The average molecular weight is 365 g/mol. The molecule has 3 aromatic rings. The number of benzene rings is 2. The first-order chi connectivity index (χ1) is 12.0. The molecule has 0 aliphatic heterocycles. The summed E-state index contributed by atoms with van der Waals surface area (Å²) in [5.74, 6) is 1.42. The lowest BCUT2D eigenvalue weighted by Gasteiger charge is -2.10. The summed E-state index contributed by atoms with van der Waals surface area (Å²) in [7, 11) is 1.88. The minimum atomic E-state index is -2.91. The summed E-state index contributed by atoms with van der Waals surface area (Å²) in [6.07, 6.45) is 0. The number of alkyl halides is 2. The van der Waals surface area contributed by atoms with Crippen molar-refractivity contribution >= 4 is 17.3 Å². The number of ether oxygens (including phenoxy) is 1. The Labute approximate surface area is 148 Å². The zero-order chi connectivity index (χ0) is 17.8. The average Bonchev–Trinajstić information content (AvgIpc) is 2.96. The minimum Gasteiger partial charge on any atom is -0.433 e. The van der Waals surface area contributed by atoms with Crippen molar-refractivity contribution in [1.29, 1.82) is 0 Å². The lowest BCUT2D eigenvalue weighted by Crippen LogP contribution is -2.07. The van der Waals surface area contributed by atoms with Gasteiger partial charge in [0.15, 0.2) is 11.6 Å². The highest BCUT2D eigenvalue weighted by Crippen LogP contribution is 2.29. The molecule has 1 heterocycles. The maximum absolute atomic E-state index is 12.2. The third-order valence-electron chi connectivity index (χ3n) is 3.60. The molecule has 1 N–H and O–H groups in total. The summed E-state index contributed by atoms with van der Waals surface area (Å²) < 4.78 is 30.7. The van der Waals surface area contributed by atoms with Crippen molar-refractivity contribution in [2.75, 3.05) is 5.32 Å². The number of nitrogens with one attached hydrogen (secondary N) is 1. The fraction of sp³-hybridized carbons (Fsp3) is 0.176. The summed E-state index contributed by atoms with van der Waals surface area (Å²) in [6, 6.07) is 14.3. The zero-order valence-corrected chi connectivity index (χ0v) is 14.0. The molecule has 0 aliphatic carbocycles. The van der Waals surface area contributed by atoms with E-state index in [2.05, 4.69) is 20.3 Å². The van der Waals surface area contributed by atoms with Crippen LogP contribution < -0.4 is 10.1 Å². The zero-order valence-electron chi connectivity index (χ0n) is 13.3. The van der Waals surface area contributed by atoms with Crippen LogP contribution in [0.1, 0.15) is 5.82 Å². The van der Waals surface area contributed by atoms with Gasteiger partial charge in [0.1, 0.15) is 5.75 Å². The second-order valence-electron chi connectivity index (χ2n) is 5.24. The van der Waals surface area contributed by atoms with E-state index in [9.17, 15) is 8.78 Å². The van der Waals surface area contributed by atoms with Gasteiger partial charge in [-0.1, -0.05) is 41.9 Å². The van der Waals surface area contributed by atoms with E-state index in [-0.39, 0.29) is 10.8 Å². The van der Waals surface area contributed by atoms with Gasteiger partial charge in [0, 0.05) is 18.3 Å². The van der Waals surface area contributed by atoms with Crippen LogP contribution in [0.2, 0.25) is 5.02 Å². The molecule has 130 valence electrons. The molecule has 0 spiro atoms. The molecule has 0 saturated carbocycles. The van der Waals surface area contributed by atoms with Crippen LogP contribution in [-0.4, -0.2) is 21.4 Å². The molecular formula is C17H15ClF2N4O. The molecule has 0 unspecified atom stereocenters. The first-order valence-electron chi connectivity index (χ1n) is 7.46. The second kappa shape index (κ2) is 7.48. The normalized spacial score (nSPS) is 10.9. The smallest absolute Gasteiger partial charge is 0.387 e. The Bertz CT molecular complexity index is 855. The van der Waals surface area contributed by atoms with Gasteiger partial charge in [-0.05, 0) is 18.2 Å². The molecule has 2 aromatic carbocycles. The van der Waals surface area contributed by atoms with Crippen LogP contribution >= 0.6 is 11.6 Å². The lowest BCUT2D eigenvalue weighted by molar-refractivity contribution is -0.0497. The Balaban J connectivity index is 1.70. The number of anilines is 1. The summed E-state index contributed by atoms with van der Waals surface area (Å²) >= 11 is 5.94. The Morgan fingerprint density at radius 1 is 1.16 bits per heavy atom. The van der Waals surface area contributed by atoms with Crippen LogP contribution in [0.3, 0.4) is 0 Å². The first-order valence-corrected chi connectivity index (χ1v) is 7.84. The molecule has 0 bridgehead atoms. The third kappa shape index (κ3) is 4.06. The molecule has 0 radical (unpaired) electrons. The number of hydrogen-bond acceptors (Lipinski definition) is 4. The Morgan fingerprint density at radius 2 is 1.92 bits per heavy atom. The number of aromatic nitrogens is 3. The van der Waals surface area contributed by atoms with Gasteiger partial charge in [0.25, 0.3) is 0 Å². The van der Waals surface area contributed by atoms with Crippen molar-refractivity contribution < 1.29 is 13.5 Å². The first kappa shape index (κ1) is 17.2. The molecule has 0 atom stereocenters.